The van der Waals surface area contributed by atoms with Gasteiger partial charge in [0.1, 0.15) is 12.4 Å². The average Bonchev–Trinajstić information content (AvgIpc) is 3.12. The maximum absolute atomic E-state index is 13.4. The van der Waals surface area contributed by atoms with Crippen LogP contribution in [0.4, 0.5) is 15.8 Å². The molecule has 2 aromatic heterocycles. The van der Waals surface area contributed by atoms with Crippen molar-refractivity contribution in [1.29, 1.82) is 0 Å². The van der Waals surface area contributed by atoms with Crippen LogP contribution in [0.1, 0.15) is 24.6 Å². The molecule has 0 aliphatic carbocycles. The molecule has 0 unspecified atom stereocenters. The van der Waals surface area contributed by atoms with E-state index in [2.05, 4.69) is 15.4 Å². The molecule has 3 aromatic rings. The number of fused-ring (bicyclic) bond motifs is 1. The molecular formula is C20H22FN5O2. The molecule has 0 saturated carbocycles. The van der Waals surface area contributed by atoms with Crippen LogP contribution in [-0.2, 0) is 9.53 Å². The summed E-state index contributed by atoms with van der Waals surface area (Å²) in [4.78, 5) is 18.4. The number of rotatable bonds is 5. The molecular weight excluding hydrogens is 361 g/mol. The SMILES string of the molecule is COCC(=O)N1CCC(c2nc3ccc(Nc4cccc(F)c4)cn3n2)CC1. The molecule has 1 saturated heterocycles. The number of anilines is 2. The normalized spacial score (nSPS) is 15.1. The Labute approximate surface area is 162 Å². The molecule has 7 nitrogen and oxygen atoms in total. The lowest BCUT2D eigenvalue weighted by molar-refractivity contribution is -0.136. The molecule has 3 heterocycles. The van der Waals surface area contributed by atoms with Gasteiger partial charge in [-0.05, 0) is 43.2 Å². The number of ether oxygens (including phenoxy) is 1. The summed E-state index contributed by atoms with van der Waals surface area (Å²) in [7, 11) is 1.53. The fraction of sp³-hybridized carbons (Fsp3) is 0.350. The topological polar surface area (TPSA) is 71.8 Å². The second kappa shape index (κ2) is 7.93. The van der Waals surface area contributed by atoms with Gasteiger partial charge in [0.2, 0.25) is 5.91 Å². The van der Waals surface area contributed by atoms with Crippen molar-refractivity contribution in [2.24, 2.45) is 0 Å². The number of methoxy groups -OCH3 is 1. The van der Waals surface area contributed by atoms with Crippen LogP contribution in [-0.4, -0.2) is 52.2 Å². The van der Waals surface area contributed by atoms with Crippen molar-refractivity contribution in [2.45, 2.75) is 18.8 Å². The molecule has 0 atom stereocenters. The number of piperidine rings is 1. The van der Waals surface area contributed by atoms with Gasteiger partial charge in [-0.15, -0.1) is 0 Å². The van der Waals surface area contributed by atoms with Crippen LogP contribution >= 0.6 is 0 Å². The minimum atomic E-state index is -0.288. The first kappa shape index (κ1) is 18.4. The fourth-order valence-electron chi connectivity index (χ4n) is 3.48. The molecule has 1 N–H and O–H groups in total. The molecule has 1 aromatic carbocycles. The predicted octanol–water partition coefficient (Wildman–Crippen LogP) is 2.96. The van der Waals surface area contributed by atoms with Crippen molar-refractivity contribution >= 4 is 22.9 Å². The first-order valence-corrected chi connectivity index (χ1v) is 9.28. The number of nitrogens with one attached hydrogen (secondary N) is 1. The number of hydrogen-bond acceptors (Lipinski definition) is 5. The molecule has 8 heteroatoms. The molecule has 1 amide bonds. The Morgan fingerprint density at radius 1 is 1.25 bits per heavy atom. The Bertz CT molecular complexity index is 982. The summed E-state index contributed by atoms with van der Waals surface area (Å²) < 4.78 is 20.0. The zero-order valence-corrected chi connectivity index (χ0v) is 15.6. The summed E-state index contributed by atoms with van der Waals surface area (Å²) in [6.07, 6.45) is 3.51. The summed E-state index contributed by atoms with van der Waals surface area (Å²) in [6, 6.07) is 10.1. The van der Waals surface area contributed by atoms with Crippen molar-refractivity contribution in [3.05, 3.63) is 54.2 Å². The van der Waals surface area contributed by atoms with Crippen molar-refractivity contribution in [1.82, 2.24) is 19.5 Å². The minimum absolute atomic E-state index is 0.0250. The fourth-order valence-corrected chi connectivity index (χ4v) is 3.48. The number of pyridine rings is 1. The summed E-state index contributed by atoms with van der Waals surface area (Å²) >= 11 is 0. The Morgan fingerprint density at radius 2 is 2.07 bits per heavy atom. The van der Waals surface area contributed by atoms with E-state index in [-0.39, 0.29) is 24.2 Å². The summed E-state index contributed by atoms with van der Waals surface area (Å²) in [5, 5.41) is 7.80. The summed E-state index contributed by atoms with van der Waals surface area (Å²) in [5.41, 5.74) is 2.24. The van der Waals surface area contributed by atoms with Gasteiger partial charge < -0.3 is 15.0 Å². The number of benzene rings is 1. The van der Waals surface area contributed by atoms with Gasteiger partial charge in [0.15, 0.2) is 11.5 Å². The van der Waals surface area contributed by atoms with Crippen LogP contribution in [0.2, 0.25) is 0 Å². The molecule has 146 valence electrons. The number of likely N-dealkylation sites (tertiary alicyclic amines) is 1. The highest BCUT2D eigenvalue weighted by Crippen LogP contribution is 2.27. The van der Waals surface area contributed by atoms with Gasteiger partial charge in [-0.3, -0.25) is 4.79 Å². The van der Waals surface area contributed by atoms with Gasteiger partial charge in [-0.2, -0.15) is 5.10 Å². The molecule has 28 heavy (non-hydrogen) atoms. The van der Waals surface area contributed by atoms with Crippen LogP contribution < -0.4 is 5.32 Å². The lowest BCUT2D eigenvalue weighted by Gasteiger charge is -2.30. The van der Waals surface area contributed by atoms with E-state index < -0.39 is 0 Å². The van der Waals surface area contributed by atoms with Crippen molar-refractivity contribution in [3.8, 4) is 0 Å². The molecule has 0 radical (unpaired) electrons. The van der Waals surface area contributed by atoms with Crippen LogP contribution in [0.5, 0.6) is 0 Å². The van der Waals surface area contributed by atoms with Gasteiger partial charge in [0, 0.05) is 31.8 Å². The van der Waals surface area contributed by atoms with Crippen LogP contribution in [0, 0.1) is 5.82 Å². The zero-order chi connectivity index (χ0) is 19.5. The largest absolute Gasteiger partial charge is 0.375 e. The highest BCUT2D eigenvalue weighted by Gasteiger charge is 2.26. The number of carbonyl (C=O) groups is 1. The third kappa shape index (κ3) is 3.96. The summed E-state index contributed by atoms with van der Waals surface area (Å²) in [5.74, 6) is 0.759. The van der Waals surface area contributed by atoms with E-state index >= 15 is 0 Å². The molecule has 4 rings (SSSR count). The van der Waals surface area contributed by atoms with E-state index in [1.54, 1.807) is 16.6 Å². The number of aromatic nitrogens is 3. The van der Waals surface area contributed by atoms with Gasteiger partial charge >= 0.3 is 0 Å². The second-order valence-corrected chi connectivity index (χ2v) is 6.91. The quantitative estimate of drug-likeness (QED) is 0.733. The standard InChI is InChI=1S/C20H22FN5O2/c1-28-13-19(27)25-9-7-14(8-10-25)20-23-18-6-5-17(12-26(18)24-20)22-16-4-2-3-15(21)11-16/h2-6,11-12,14,22H,7-10,13H2,1H3. The van der Waals surface area contributed by atoms with Gasteiger partial charge in [-0.1, -0.05) is 6.07 Å². The van der Waals surface area contributed by atoms with E-state index in [1.165, 1.54) is 19.2 Å². The smallest absolute Gasteiger partial charge is 0.248 e. The number of hydrogen-bond donors (Lipinski definition) is 1. The molecule has 0 bridgehead atoms. The first-order chi connectivity index (χ1) is 13.6. The number of nitrogens with zero attached hydrogens (tertiary/aromatic N) is 4. The predicted molar refractivity (Wildman–Crippen MR) is 103 cm³/mol. The minimum Gasteiger partial charge on any atom is -0.375 e. The highest BCUT2D eigenvalue weighted by atomic mass is 19.1. The highest BCUT2D eigenvalue weighted by molar-refractivity contribution is 5.77. The van der Waals surface area contributed by atoms with E-state index in [9.17, 15) is 9.18 Å². The second-order valence-electron chi connectivity index (χ2n) is 6.91. The lowest BCUT2D eigenvalue weighted by atomic mass is 9.96. The maximum Gasteiger partial charge on any atom is 0.248 e. The van der Waals surface area contributed by atoms with Crippen LogP contribution in [0.15, 0.2) is 42.6 Å². The molecule has 1 fully saturated rings. The molecule has 1 aliphatic heterocycles. The van der Waals surface area contributed by atoms with Crippen LogP contribution in [0.25, 0.3) is 5.65 Å². The van der Waals surface area contributed by atoms with Gasteiger partial charge in [0.25, 0.3) is 0 Å². The Kier molecular flexibility index (Phi) is 5.21. The van der Waals surface area contributed by atoms with Gasteiger partial charge in [-0.25, -0.2) is 13.9 Å². The van der Waals surface area contributed by atoms with E-state index in [0.717, 1.165) is 30.0 Å². The Morgan fingerprint density at radius 3 is 2.82 bits per heavy atom. The van der Waals surface area contributed by atoms with E-state index in [4.69, 9.17) is 4.74 Å². The zero-order valence-electron chi connectivity index (χ0n) is 15.6. The average molecular weight is 383 g/mol. The van der Waals surface area contributed by atoms with Crippen molar-refractivity contribution < 1.29 is 13.9 Å². The van der Waals surface area contributed by atoms with E-state index in [0.29, 0.717) is 18.8 Å². The first-order valence-electron chi connectivity index (χ1n) is 9.28. The van der Waals surface area contributed by atoms with Crippen LogP contribution in [0.3, 0.4) is 0 Å². The van der Waals surface area contributed by atoms with Gasteiger partial charge in [0.05, 0.1) is 11.9 Å². The Hall–Kier alpha value is -3.00. The number of halogens is 1. The lowest BCUT2D eigenvalue weighted by Crippen LogP contribution is -2.39. The monoisotopic (exact) mass is 383 g/mol. The Balaban J connectivity index is 1.46. The third-order valence-corrected chi connectivity index (χ3v) is 4.94. The summed E-state index contributed by atoms with van der Waals surface area (Å²) in [6.45, 7) is 1.50. The third-order valence-electron chi connectivity index (χ3n) is 4.94. The number of carbonyl (C=O) groups excluding carboxylic acids is 1. The maximum atomic E-state index is 13.4. The molecule has 0 spiro atoms. The van der Waals surface area contributed by atoms with Crippen molar-refractivity contribution in [3.63, 3.8) is 0 Å². The number of amides is 1. The van der Waals surface area contributed by atoms with E-state index in [1.807, 2.05) is 23.2 Å². The van der Waals surface area contributed by atoms with Crippen molar-refractivity contribution in [2.75, 3.05) is 32.1 Å². The molecule has 1 aliphatic rings.